The van der Waals surface area contributed by atoms with Crippen LogP contribution >= 0.6 is 0 Å². The third kappa shape index (κ3) is 5.95. The molecule has 156 valence electrons. The van der Waals surface area contributed by atoms with Crippen LogP contribution in [0.4, 0.5) is 24.5 Å². The Labute approximate surface area is 166 Å². The van der Waals surface area contributed by atoms with Crippen molar-refractivity contribution in [2.45, 2.75) is 19.1 Å². The Hall–Kier alpha value is -3.07. The summed E-state index contributed by atoms with van der Waals surface area (Å²) < 4.78 is 44.3. The van der Waals surface area contributed by atoms with Crippen LogP contribution in [0.1, 0.15) is 12.5 Å². The zero-order valence-corrected chi connectivity index (χ0v) is 16.3. The lowest BCUT2D eigenvalue weighted by atomic mass is 10.1. The second-order valence-electron chi connectivity index (χ2n) is 6.53. The van der Waals surface area contributed by atoms with Gasteiger partial charge in [0.05, 0.1) is 31.1 Å². The maximum absolute atomic E-state index is 13.0. The van der Waals surface area contributed by atoms with Crippen LogP contribution in [0.5, 0.6) is 5.75 Å². The number of quaternary nitrogens is 1. The van der Waals surface area contributed by atoms with Gasteiger partial charge in [0.25, 0.3) is 11.8 Å². The van der Waals surface area contributed by atoms with E-state index in [9.17, 15) is 22.8 Å². The second-order valence-corrected chi connectivity index (χ2v) is 6.53. The first kappa shape index (κ1) is 22.2. The van der Waals surface area contributed by atoms with Crippen molar-refractivity contribution in [3.8, 4) is 5.75 Å². The highest BCUT2D eigenvalue weighted by Gasteiger charge is 2.34. The fourth-order valence-corrected chi connectivity index (χ4v) is 2.65. The van der Waals surface area contributed by atoms with Gasteiger partial charge < -0.3 is 20.3 Å². The molecule has 0 aromatic heterocycles. The number of nitrogens with one attached hydrogen (secondary N) is 3. The number of halogens is 3. The molecule has 0 spiro atoms. The van der Waals surface area contributed by atoms with Crippen LogP contribution in [0.2, 0.25) is 0 Å². The van der Waals surface area contributed by atoms with Gasteiger partial charge in [-0.15, -0.1) is 0 Å². The molecular formula is C20H23F3N3O3+. The van der Waals surface area contributed by atoms with E-state index in [1.54, 1.807) is 38.2 Å². The molecule has 0 radical (unpaired) electrons. The standard InChI is InChI=1S/C20H22F3N3O3/c1-13(19(28)25-16-10-6-7-11-17(16)29-3)26(2)12-18(27)24-15-9-5-4-8-14(15)20(21,22)23/h4-11,13H,12H2,1-3H3,(H,24,27)(H,25,28)/p+1/t13-/m1/s1. The second kappa shape index (κ2) is 9.42. The number of carbonyl (C=O) groups excluding carboxylic acids is 2. The molecule has 2 amide bonds. The van der Waals surface area contributed by atoms with Gasteiger partial charge in [-0.05, 0) is 31.2 Å². The van der Waals surface area contributed by atoms with Gasteiger partial charge in [-0.3, -0.25) is 9.59 Å². The lowest BCUT2D eigenvalue weighted by Crippen LogP contribution is -3.14. The Kier molecular flexibility index (Phi) is 7.22. The van der Waals surface area contributed by atoms with Crippen LogP contribution in [0.15, 0.2) is 48.5 Å². The summed E-state index contributed by atoms with van der Waals surface area (Å²) >= 11 is 0. The Morgan fingerprint density at radius 1 is 1.03 bits per heavy atom. The summed E-state index contributed by atoms with van der Waals surface area (Å²) in [4.78, 5) is 25.2. The highest BCUT2D eigenvalue weighted by molar-refractivity contribution is 5.95. The first-order valence-electron chi connectivity index (χ1n) is 8.85. The van der Waals surface area contributed by atoms with Crippen LogP contribution in [-0.2, 0) is 15.8 Å². The van der Waals surface area contributed by atoms with Gasteiger partial charge in [0.2, 0.25) is 0 Å². The molecule has 2 rings (SSSR count). The minimum atomic E-state index is -4.58. The molecule has 1 unspecified atom stereocenters. The van der Waals surface area contributed by atoms with E-state index < -0.39 is 23.7 Å². The number of hydrogen-bond donors (Lipinski definition) is 3. The summed E-state index contributed by atoms with van der Waals surface area (Å²) in [6.45, 7) is 1.43. The fourth-order valence-electron chi connectivity index (χ4n) is 2.65. The van der Waals surface area contributed by atoms with Crippen LogP contribution in [0.25, 0.3) is 0 Å². The van der Waals surface area contributed by atoms with Crippen LogP contribution < -0.4 is 20.3 Å². The number of anilines is 2. The molecular weight excluding hydrogens is 387 g/mol. The quantitative estimate of drug-likeness (QED) is 0.655. The van der Waals surface area contributed by atoms with E-state index in [2.05, 4.69) is 10.6 Å². The lowest BCUT2D eigenvalue weighted by molar-refractivity contribution is -0.885. The van der Waals surface area contributed by atoms with Gasteiger partial charge in [0.1, 0.15) is 5.75 Å². The molecule has 2 aromatic rings. The van der Waals surface area contributed by atoms with E-state index in [1.807, 2.05) is 0 Å². The maximum atomic E-state index is 13.0. The van der Waals surface area contributed by atoms with Crippen molar-refractivity contribution in [2.75, 3.05) is 31.3 Å². The molecule has 0 fully saturated rings. The van der Waals surface area contributed by atoms with E-state index >= 15 is 0 Å². The fraction of sp³-hybridized carbons (Fsp3) is 0.300. The van der Waals surface area contributed by atoms with Crippen molar-refractivity contribution in [1.29, 1.82) is 0 Å². The first-order valence-corrected chi connectivity index (χ1v) is 8.85. The predicted octanol–water partition coefficient (Wildman–Crippen LogP) is 2.19. The third-order valence-corrected chi connectivity index (χ3v) is 4.44. The SMILES string of the molecule is COc1ccccc1NC(=O)[C@@H](C)[NH+](C)CC(=O)Nc1ccccc1C(F)(F)F. The number of alkyl halides is 3. The molecule has 6 nitrogen and oxygen atoms in total. The average molecular weight is 410 g/mol. The number of para-hydroxylation sites is 3. The first-order chi connectivity index (χ1) is 13.6. The molecule has 29 heavy (non-hydrogen) atoms. The van der Waals surface area contributed by atoms with E-state index in [1.165, 1.54) is 25.3 Å². The average Bonchev–Trinajstić information content (AvgIpc) is 2.67. The summed E-state index contributed by atoms with van der Waals surface area (Å²) in [6.07, 6.45) is -4.58. The van der Waals surface area contributed by atoms with Crippen molar-refractivity contribution in [2.24, 2.45) is 0 Å². The number of rotatable bonds is 7. The molecule has 2 atom stereocenters. The van der Waals surface area contributed by atoms with Gasteiger partial charge in [-0.2, -0.15) is 13.2 Å². The molecule has 0 aliphatic rings. The van der Waals surface area contributed by atoms with E-state index in [0.29, 0.717) is 16.3 Å². The summed E-state index contributed by atoms with van der Waals surface area (Å²) in [5, 5.41) is 5.01. The molecule has 9 heteroatoms. The number of methoxy groups -OCH3 is 1. The van der Waals surface area contributed by atoms with Crippen LogP contribution in [0, 0.1) is 0 Å². The number of likely N-dealkylation sites (N-methyl/N-ethyl adjacent to an activating group) is 1. The monoisotopic (exact) mass is 410 g/mol. The van der Waals surface area contributed by atoms with E-state index in [0.717, 1.165) is 6.07 Å². The topological polar surface area (TPSA) is 71.9 Å². The molecule has 0 aliphatic carbocycles. The highest BCUT2D eigenvalue weighted by atomic mass is 19.4. The van der Waals surface area contributed by atoms with Crippen molar-refractivity contribution in [3.63, 3.8) is 0 Å². The van der Waals surface area contributed by atoms with Gasteiger partial charge >= 0.3 is 6.18 Å². The lowest BCUT2D eigenvalue weighted by Gasteiger charge is -2.21. The van der Waals surface area contributed by atoms with Gasteiger partial charge in [0, 0.05) is 0 Å². The Morgan fingerprint density at radius 2 is 1.62 bits per heavy atom. The summed E-state index contributed by atoms with van der Waals surface area (Å²) in [5.41, 5.74) is -0.750. The zero-order valence-electron chi connectivity index (χ0n) is 16.3. The molecule has 0 aliphatic heterocycles. The molecule has 0 saturated heterocycles. The minimum Gasteiger partial charge on any atom is -0.495 e. The molecule has 0 bridgehead atoms. The number of benzene rings is 2. The predicted molar refractivity (Wildman–Crippen MR) is 103 cm³/mol. The molecule has 2 aromatic carbocycles. The Balaban J connectivity index is 2.00. The van der Waals surface area contributed by atoms with Crippen LogP contribution in [-0.4, -0.2) is 38.6 Å². The Bertz CT molecular complexity index is 871. The molecule has 3 N–H and O–H groups in total. The normalized spacial score (nSPS) is 13.3. The largest absolute Gasteiger partial charge is 0.495 e. The van der Waals surface area contributed by atoms with Crippen molar-refractivity contribution < 1.29 is 32.4 Å². The molecule has 0 heterocycles. The zero-order chi connectivity index (χ0) is 21.6. The van der Waals surface area contributed by atoms with E-state index in [4.69, 9.17) is 4.74 Å². The van der Waals surface area contributed by atoms with Crippen molar-refractivity contribution in [3.05, 3.63) is 54.1 Å². The number of ether oxygens (including phenoxy) is 1. The third-order valence-electron chi connectivity index (χ3n) is 4.44. The van der Waals surface area contributed by atoms with E-state index in [-0.39, 0.29) is 18.1 Å². The summed E-state index contributed by atoms with van der Waals surface area (Å²) in [7, 11) is 3.09. The Morgan fingerprint density at radius 3 is 2.24 bits per heavy atom. The van der Waals surface area contributed by atoms with Crippen LogP contribution in [0.3, 0.4) is 0 Å². The highest BCUT2D eigenvalue weighted by Crippen LogP contribution is 2.34. The van der Waals surface area contributed by atoms with Gasteiger partial charge in [-0.1, -0.05) is 24.3 Å². The number of carbonyl (C=O) groups is 2. The minimum absolute atomic E-state index is 0.188. The number of hydrogen-bond acceptors (Lipinski definition) is 3. The van der Waals surface area contributed by atoms with Crippen molar-refractivity contribution >= 4 is 23.2 Å². The summed E-state index contributed by atoms with van der Waals surface area (Å²) in [6, 6.07) is 11.0. The van der Waals surface area contributed by atoms with Crippen molar-refractivity contribution in [1.82, 2.24) is 0 Å². The molecule has 0 saturated carbocycles. The number of amides is 2. The summed E-state index contributed by atoms with van der Waals surface area (Å²) in [5.74, 6) is -0.487. The van der Waals surface area contributed by atoms with Gasteiger partial charge in [-0.25, -0.2) is 0 Å². The maximum Gasteiger partial charge on any atom is 0.418 e. The van der Waals surface area contributed by atoms with Gasteiger partial charge in [0.15, 0.2) is 12.6 Å². The smallest absolute Gasteiger partial charge is 0.418 e.